The summed E-state index contributed by atoms with van der Waals surface area (Å²) in [5, 5.41) is 3.18. The Bertz CT molecular complexity index is 515. The first-order valence-corrected chi connectivity index (χ1v) is 7.29. The summed E-state index contributed by atoms with van der Waals surface area (Å²) in [6.07, 6.45) is -2.76. The molecule has 2 fully saturated rings. The molecule has 1 aromatic carbocycles. The molecule has 0 amide bonds. The van der Waals surface area contributed by atoms with Gasteiger partial charge in [-0.1, -0.05) is 6.07 Å². The first kappa shape index (κ1) is 20.5. The quantitative estimate of drug-likeness (QED) is 0.803. The Labute approximate surface area is 145 Å². The summed E-state index contributed by atoms with van der Waals surface area (Å²) in [5.41, 5.74) is -0.979. The van der Waals surface area contributed by atoms with Crippen LogP contribution in [-0.4, -0.2) is 31.1 Å². The van der Waals surface area contributed by atoms with Gasteiger partial charge in [-0.05, 0) is 30.9 Å². The van der Waals surface area contributed by atoms with Crippen molar-refractivity contribution in [2.24, 2.45) is 5.92 Å². The average molecular weight is 375 g/mol. The Kier molecular flexibility index (Phi) is 7.13. The summed E-state index contributed by atoms with van der Waals surface area (Å²) in [7, 11) is 0. The fraction of sp³-hybridized carbons (Fsp3) is 0.600. The van der Waals surface area contributed by atoms with E-state index in [4.69, 9.17) is 0 Å². The lowest BCUT2D eigenvalue weighted by Gasteiger charge is -2.36. The number of halogens is 6. The molecule has 1 aliphatic heterocycles. The molecule has 1 aromatic rings. The summed E-state index contributed by atoms with van der Waals surface area (Å²) in [6, 6.07) is 2.83. The number of piperazine rings is 1. The zero-order valence-corrected chi connectivity index (χ0v) is 14.0. The standard InChI is InChI=1S/C15H18F4N2.2ClH/c16-12-3-1-2-11(15(17,18)19)13(12)14(10-4-5-10)21-8-6-20-7-9-21;;/h1-3,10,14,20H,4-9H2;2*1H/t14-;;/m1../s1. The van der Waals surface area contributed by atoms with Crippen LogP contribution in [0.5, 0.6) is 0 Å². The fourth-order valence-electron chi connectivity index (χ4n) is 3.17. The zero-order valence-electron chi connectivity index (χ0n) is 12.4. The molecular formula is C15H20Cl2F4N2. The lowest BCUT2D eigenvalue weighted by Crippen LogP contribution is -2.46. The van der Waals surface area contributed by atoms with E-state index >= 15 is 0 Å². The first-order chi connectivity index (χ1) is 9.98. The van der Waals surface area contributed by atoms with Gasteiger partial charge in [-0.25, -0.2) is 4.39 Å². The van der Waals surface area contributed by atoms with Gasteiger partial charge in [0.1, 0.15) is 5.82 Å². The van der Waals surface area contributed by atoms with Crippen molar-refractivity contribution in [1.82, 2.24) is 10.2 Å². The number of rotatable bonds is 3. The molecule has 132 valence electrons. The summed E-state index contributed by atoms with van der Waals surface area (Å²) in [4.78, 5) is 2.00. The van der Waals surface area contributed by atoms with E-state index in [1.807, 2.05) is 4.90 Å². The van der Waals surface area contributed by atoms with Crippen LogP contribution < -0.4 is 5.32 Å². The molecule has 2 nitrogen and oxygen atoms in total. The van der Waals surface area contributed by atoms with Crippen molar-refractivity contribution in [3.05, 3.63) is 35.1 Å². The number of benzene rings is 1. The van der Waals surface area contributed by atoms with Crippen LogP contribution in [0.4, 0.5) is 17.6 Å². The Morgan fingerprint density at radius 2 is 1.70 bits per heavy atom. The van der Waals surface area contributed by atoms with Crippen LogP contribution in [0, 0.1) is 11.7 Å². The monoisotopic (exact) mass is 374 g/mol. The third kappa shape index (κ3) is 4.50. The lowest BCUT2D eigenvalue weighted by atomic mass is 9.94. The minimum Gasteiger partial charge on any atom is -0.314 e. The maximum Gasteiger partial charge on any atom is 0.416 e. The Balaban J connectivity index is 0.00000132. The second kappa shape index (κ2) is 8.01. The van der Waals surface area contributed by atoms with Crippen LogP contribution in [0.3, 0.4) is 0 Å². The molecule has 1 heterocycles. The van der Waals surface area contributed by atoms with Gasteiger partial charge in [-0.3, -0.25) is 4.90 Å². The zero-order chi connectivity index (χ0) is 15.0. The molecule has 2 aliphatic rings. The number of alkyl halides is 3. The largest absolute Gasteiger partial charge is 0.416 e. The van der Waals surface area contributed by atoms with Crippen LogP contribution in [0.15, 0.2) is 18.2 Å². The molecule has 8 heteroatoms. The number of hydrogen-bond donors (Lipinski definition) is 1. The summed E-state index contributed by atoms with van der Waals surface area (Å²) >= 11 is 0. The van der Waals surface area contributed by atoms with Gasteiger partial charge in [0.2, 0.25) is 0 Å². The van der Waals surface area contributed by atoms with Gasteiger partial charge >= 0.3 is 6.18 Å². The molecule has 0 spiro atoms. The smallest absolute Gasteiger partial charge is 0.314 e. The highest BCUT2D eigenvalue weighted by Gasteiger charge is 2.44. The minimum absolute atomic E-state index is 0. The third-order valence-electron chi connectivity index (χ3n) is 4.27. The summed E-state index contributed by atoms with van der Waals surface area (Å²) in [6.45, 7) is 2.79. The molecule has 3 rings (SSSR count). The maximum atomic E-state index is 14.2. The van der Waals surface area contributed by atoms with Crippen molar-refractivity contribution in [2.45, 2.75) is 25.1 Å². The van der Waals surface area contributed by atoms with Gasteiger partial charge in [-0.2, -0.15) is 13.2 Å². The second-order valence-electron chi connectivity index (χ2n) is 5.77. The van der Waals surface area contributed by atoms with Crippen LogP contribution in [-0.2, 0) is 6.18 Å². The van der Waals surface area contributed by atoms with Gasteiger partial charge in [0, 0.05) is 37.8 Å². The van der Waals surface area contributed by atoms with Crippen molar-refractivity contribution in [2.75, 3.05) is 26.2 Å². The summed E-state index contributed by atoms with van der Waals surface area (Å²) < 4.78 is 54.0. The summed E-state index contributed by atoms with van der Waals surface area (Å²) in [5.74, 6) is -0.596. The number of nitrogens with one attached hydrogen (secondary N) is 1. The van der Waals surface area contributed by atoms with E-state index in [0.717, 1.165) is 44.1 Å². The first-order valence-electron chi connectivity index (χ1n) is 7.29. The van der Waals surface area contributed by atoms with E-state index in [0.29, 0.717) is 13.1 Å². The predicted molar refractivity (Wildman–Crippen MR) is 85.8 cm³/mol. The molecular weight excluding hydrogens is 355 g/mol. The van der Waals surface area contributed by atoms with Gasteiger partial charge in [0.05, 0.1) is 5.56 Å². The van der Waals surface area contributed by atoms with Crippen molar-refractivity contribution < 1.29 is 17.6 Å². The predicted octanol–water partition coefficient (Wildman–Crippen LogP) is 4.04. The highest BCUT2D eigenvalue weighted by molar-refractivity contribution is 5.85. The van der Waals surface area contributed by atoms with Crippen molar-refractivity contribution in [1.29, 1.82) is 0 Å². The maximum absolute atomic E-state index is 14.2. The number of nitrogens with zero attached hydrogens (tertiary/aromatic N) is 1. The van der Waals surface area contributed by atoms with E-state index in [1.165, 1.54) is 0 Å². The van der Waals surface area contributed by atoms with Crippen molar-refractivity contribution in [3.63, 3.8) is 0 Å². The lowest BCUT2D eigenvalue weighted by molar-refractivity contribution is -0.139. The van der Waals surface area contributed by atoms with Gasteiger partial charge in [0.15, 0.2) is 0 Å². The number of hydrogen-bond acceptors (Lipinski definition) is 2. The SMILES string of the molecule is Cl.Cl.Fc1cccc(C(F)(F)F)c1[C@@H](C1CC1)N1CCNCC1. The Morgan fingerprint density at radius 3 is 2.22 bits per heavy atom. The van der Waals surface area contributed by atoms with E-state index < -0.39 is 23.6 Å². The molecule has 1 saturated heterocycles. The Morgan fingerprint density at radius 1 is 1.09 bits per heavy atom. The molecule has 0 bridgehead atoms. The molecule has 1 N–H and O–H groups in total. The van der Waals surface area contributed by atoms with Crippen molar-refractivity contribution in [3.8, 4) is 0 Å². The molecule has 23 heavy (non-hydrogen) atoms. The van der Waals surface area contributed by atoms with E-state index in [9.17, 15) is 17.6 Å². The van der Waals surface area contributed by atoms with Crippen LogP contribution in [0.25, 0.3) is 0 Å². The van der Waals surface area contributed by atoms with Crippen LogP contribution in [0.2, 0.25) is 0 Å². The minimum atomic E-state index is -4.52. The molecule has 0 aromatic heterocycles. The van der Waals surface area contributed by atoms with E-state index in [2.05, 4.69) is 5.32 Å². The highest BCUT2D eigenvalue weighted by Crippen LogP contribution is 2.48. The van der Waals surface area contributed by atoms with Gasteiger partial charge < -0.3 is 5.32 Å². The Hall–Kier alpha value is -0.560. The average Bonchev–Trinajstić information content (AvgIpc) is 3.25. The molecule has 1 saturated carbocycles. The molecule has 1 atom stereocenters. The molecule has 1 aliphatic carbocycles. The van der Waals surface area contributed by atoms with E-state index in [1.54, 1.807) is 0 Å². The van der Waals surface area contributed by atoms with Gasteiger partial charge in [0.25, 0.3) is 0 Å². The normalized spacial score (nSPS) is 20.3. The van der Waals surface area contributed by atoms with Crippen molar-refractivity contribution >= 4 is 24.8 Å². The van der Waals surface area contributed by atoms with Crippen LogP contribution >= 0.6 is 24.8 Å². The highest BCUT2D eigenvalue weighted by atomic mass is 35.5. The van der Waals surface area contributed by atoms with Gasteiger partial charge in [-0.15, -0.1) is 24.8 Å². The van der Waals surface area contributed by atoms with Crippen LogP contribution in [0.1, 0.15) is 30.0 Å². The molecule has 0 radical (unpaired) electrons. The molecule has 0 unspecified atom stereocenters. The third-order valence-corrected chi connectivity index (χ3v) is 4.27. The topological polar surface area (TPSA) is 15.3 Å². The second-order valence-corrected chi connectivity index (χ2v) is 5.77. The fourth-order valence-corrected chi connectivity index (χ4v) is 3.17. The van der Waals surface area contributed by atoms with E-state index in [-0.39, 0.29) is 36.3 Å².